The number of epoxide rings is 1. The van der Waals surface area contributed by atoms with Gasteiger partial charge in [0.25, 0.3) is 0 Å². The number of ether oxygens (including phenoxy) is 4. The summed E-state index contributed by atoms with van der Waals surface area (Å²) in [5.41, 5.74) is -5.50. The van der Waals surface area contributed by atoms with Crippen molar-refractivity contribution in [3.63, 3.8) is 0 Å². The molecule has 1 N–H and O–H groups in total. The van der Waals surface area contributed by atoms with Crippen molar-refractivity contribution in [1.29, 1.82) is 0 Å². The Kier molecular flexibility index (Phi) is 4.70. The second-order valence-corrected chi connectivity index (χ2v) is 12.6. The van der Waals surface area contributed by atoms with Gasteiger partial charge in [-0.1, -0.05) is 19.9 Å². The fraction of sp³-hybridized carbons (Fsp3) is 0.679. The first-order chi connectivity index (χ1) is 17.2. The Morgan fingerprint density at radius 2 is 1.86 bits per heavy atom. The zero-order valence-corrected chi connectivity index (χ0v) is 22.0. The van der Waals surface area contributed by atoms with Crippen LogP contribution in [0.2, 0.25) is 0 Å². The van der Waals surface area contributed by atoms with Crippen LogP contribution < -0.4 is 0 Å². The SMILES string of the molecule is CC(=O)O[C@@H]1C[C@]2(C=CC(=O)OC2(C)C)[C@@](C)(O)[C@H]2CC[C@@]3(C)[C@H](c4ccoc4)OC(=O)[C@H]4O[C@]43[C@]12C. The maximum absolute atomic E-state index is 13.3. The third kappa shape index (κ3) is 2.64. The van der Waals surface area contributed by atoms with Crippen LogP contribution in [0.3, 0.4) is 0 Å². The van der Waals surface area contributed by atoms with Crippen LogP contribution in [-0.2, 0) is 33.3 Å². The van der Waals surface area contributed by atoms with Gasteiger partial charge in [0.2, 0.25) is 0 Å². The van der Waals surface area contributed by atoms with Gasteiger partial charge >= 0.3 is 17.9 Å². The van der Waals surface area contributed by atoms with Crippen LogP contribution in [0.15, 0.2) is 35.2 Å². The van der Waals surface area contributed by atoms with Crippen LogP contribution in [-0.4, -0.2) is 52.0 Å². The van der Waals surface area contributed by atoms with Gasteiger partial charge in [0.15, 0.2) is 6.10 Å². The summed E-state index contributed by atoms with van der Waals surface area (Å²) in [6.45, 7) is 10.7. The van der Waals surface area contributed by atoms with Crippen molar-refractivity contribution in [2.45, 2.75) is 95.9 Å². The highest BCUT2D eigenvalue weighted by molar-refractivity contribution is 5.84. The highest BCUT2D eigenvalue weighted by Crippen LogP contribution is 2.79. The van der Waals surface area contributed by atoms with Crippen molar-refractivity contribution >= 4 is 17.9 Å². The summed E-state index contributed by atoms with van der Waals surface area (Å²) in [6, 6.07) is 1.79. The predicted molar refractivity (Wildman–Crippen MR) is 127 cm³/mol. The number of fused-ring (bicyclic) bond motifs is 1. The van der Waals surface area contributed by atoms with E-state index in [1.807, 2.05) is 6.92 Å². The monoisotopic (exact) mass is 514 g/mol. The van der Waals surface area contributed by atoms with E-state index in [1.165, 1.54) is 13.0 Å². The molecule has 0 unspecified atom stereocenters. The van der Waals surface area contributed by atoms with Gasteiger partial charge in [0, 0.05) is 41.7 Å². The minimum absolute atomic E-state index is 0.183. The van der Waals surface area contributed by atoms with Gasteiger partial charge in [-0.3, -0.25) is 4.79 Å². The van der Waals surface area contributed by atoms with Gasteiger partial charge < -0.3 is 28.5 Å². The van der Waals surface area contributed by atoms with E-state index in [4.69, 9.17) is 23.4 Å². The third-order valence-electron chi connectivity index (χ3n) is 10.8. The zero-order valence-electron chi connectivity index (χ0n) is 22.0. The minimum Gasteiger partial charge on any atom is -0.472 e. The summed E-state index contributed by atoms with van der Waals surface area (Å²) in [6.07, 6.45) is 5.30. The summed E-state index contributed by atoms with van der Waals surface area (Å²) in [7, 11) is 0. The van der Waals surface area contributed by atoms with E-state index in [2.05, 4.69) is 6.92 Å². The molecule has 2 spiro atoms. The molecular weight excluding hydrogens is 480 g/mol. The van der Waals surface area contributed by atoms with E-state index < -0.39 is 75.2 Å². The molecule has 0 amide bonds. The van der Waals surface area contributed by atoms with E-state index in [9.17, 15) is 19.5 Å². The number of rotatable bonds is 2. The molecule has 1 aromatic rings. The van der Waals surface area contributed by atoms with Crippen LogP contribution in [0, 0.1) is 22.2 Å². The number of hydrogen-bond acceptors (Lipinski definition) is 9. The quantitative estimate of drug-likeness (QED) is 0.359. The molecule has 2 aliphatic carbocycles. The van der Waals surface area contributed by atoms with Gasteiger partial charge in [-0.15, -0.1) is 0 Å². The lowest BCUT2D eigenvalue weighted by Crippen LogP contribution is -2.78. The molecule has 0 aromatic carbocycles. The van der Waals surface area contributed by atoms with Crippen molar-refractivity contribution in [3.8, 4) is 0 Å². The first kappa shape index (κ1) is 24.7. The molecule has 9 nitrogen and oxygen atoms in total. The van der Waals surface area contributed by atoms with Crippen LogP contribution in [0.25, 0.3) is 0 Å². The minimum atomic E-state index is -1.40. The summed E-state index contributed by atoms with van der Waals surface area (Å²) in [4.78, 5) is 38.0. The van der Waals surface area contributed by atoms with E-state index >= 15 is 0 Å². The van der Waals surface area contributed by atoms with Gasteiger partial charge in [-0.2, -0.15) is 0 Å². The lowest BCUT2D eigenvalue weighted by atomic mass is 9.36. The molecule has 0 bridgehead atoms. The molecule has 0 radical (unpaired) electrons. The molecule has 37 heavy (non-hydrogen) atoms. The number of hydrogen-bond donors (Lipinski definition) is 1. The Bertz CT molecular complexity index is 1210. The molecule has 6 rings (SSSR count). The largest absolute Gasteiger partial charge is 0.472 e. The van der Waals surface area contributed by atoms with Crippen molar-refractivity contribution in [3.05, 3.63) is 36.3 Å². The molecule has 5 aliphatic rings. The summed E-state index contributed by atoms with van der Waals surface area (Å²) < 4.78 is 29.5. The van der Waals surface area contributed by atoms with Gasteiger partial charge in [-0.05, 0) is 39.7 Å². The smallest absolute Gasteiger partial charge is 0.339 e. The number of carbonyl (C=O) groups is 3. The molecule has 4 heterocycles. The highest BCUT2D eigenvalue weighted by Gasteiger charge is 2.89. The molecule has 2 saturated heterocycles. The number of furan rings is 1. The average molecular weight is 515 g/mol. The van der Waals surface area contributed by atoms with Crippen LogP contribution in [0.5, 0.6) is 0 Å². The average Bonchev–Trinajstić information content (AvgIpc) is 3.36. The van der Waals surface area contributed by atoms with Gasteiger partial charge in [0.05, 0.1) is 23.5 Å². The Balaban J connectivity index is 1.56. The fourth-order valence-electron chi connectivity index (χ4n) is 9.10. The van der Waals surface area contributed by atoms with E-state index in [1.54, 1.807) is 45.4 Å². The van der Waals surface area contributed by atoms with E-state index in [0.717, 1.165) is 5.56 Å². The number of esters is 3. The molecule has 1 aromatic heterocycles. The first-order valence-corrected chi connectivity index (χ1v) is 12.9. The van der Waals surface area contributed by atoms with Crippen LogP contribution in [0.4, 0.5) is 0 Å². The Labute approximate surface area is 215 Å². The molecule has 9 atom stereocenters. The maximum Gasteiger partial charge on any atom is 0.339 e. The summed E-state index contributed by atoms with van der Waals surface area (Å²) in [5.74, 6) is -1.89. The van der Waals surface area contributed by atoms with Gasteiger partial charge in [0.1, 0.15) is 23.4 Å². The van der Waals surface area contributed by atoms with E-state index in [-0.39, 0.29) is 6.42 Å². The van der Waals surface area contributed by atoms with Crippen molar-refractivity contribution < 1.29 is 42.9 Å². The van der Waals surface area contributed by atoms with Crippen molar-refractivity contribution in [1.82, 2.24) is 0 Å². The first-order valence-electron chi connectivity index (χ1n) is 12.9. The molecule has 200 valence electrons. The molecule has 2 saturated carbocycles. The Morgan fingerprint density at radius 1 is 1.14 bits per heavy atom. The standard InChI is InChI=1S/C28H34O9/c1-15(29)34-18-13-27(11-8-19(30)36-23(27,2)3)26(6,32)17-7-10-24(4)20(16-9-12-33-14-16)35-22(31)21-28(24,37-21)25(17,18)5/h8-9,11-12,14,17-18,20-21,32H,7,10,13H2,1-6H3/t17-,18+,20-,21+,24-,25-,26-,27-,28+/m0/s1. The Hall–Kier alpha value is -2.65. The lowest BCUT2D eigenvalue weighted by Gasteiger charge is -2.70. The number of cyclic esters (lactones) is 2. The molecule has 9 heteroatoms. The summed E-state index contributed by atoms with van der Waals surface area (Å²) >= 11 is 0. The number of carbonyl (C=O) groups excluding carboxylic acids is 3. The van der Waals surface area contributed by atoms with E-state index in [0.29, 0.717) is 12.8 Å². The van der Waals surface area contributed by atoms with Crippen LogP contribution in [0.1, 0.15) is 72.5 Å². The number of aliphatic hydroxyl groups is 1. The lowest BCUT2D eigenvalue weighted by molar-refractivity contribution is -0.305. The second-order valence-electron chi connectivity index (χ2n) is 12.6. The third-order valence-corrected chi connectivity index (χ3v) is 10.8. The summed E-state index contributed by atoms with van der Waals surface area (Å²) in [5, 5.41) is 12.5. The fourth-order valence-corrected chi connectivity index (χ4v) is 9.10. The highest BCUT2D eigenvalue weighted by atomic mass is 16.7. The van der Waals surface area contributed by atoms with Crippen LogP contribution >= 0.6 is 0 Å². The second kappa shape index (κ2) is 7.05. The normalized spacial score (nSPS) is 49.3. The van der Waals surface area contributed by atoms with Crippen molar-refractivity contribution in [2.24, 2.45) is 22.2 Å². The Morgan fingerprint density at radius 3 is 2.49 bits per heavy atom. The molecule has 4 fully saturated rings. The molecular formula is C28H34O9. The topological polar surface area (TPSA) is 125 Å². The van der Waals surface area contributed by atoms with Gasteiger partial charge in [-0.25, -0.2) is 9.59 Å². The predicted octanol–water partition coefficient (Wildman–Crippen LogP) is 3.40. The maximum atomic E-state index is 13.3. The zero-order chi connectivity index (χ0) is 26.8. The van der Waals surface area contributed by atoms with Crippen molar-refractivity contribution in [2.75, 3.05) is 0 Å². The molecule has 3 aliphatic heterocycles.